The van der Waals surface area contributed by atoms with E-state index in [1.165, 1.54) is 17.7 Å². The zero-order valence-corrected chi connectivity index (χ0v) is 19.8. The average Bonchev–Trinajstić information content (AvgIpc) is 3.11. The van der Waals surface area contributed by atoms with Gasteiger partial charge in [0, 0.05) is 37.9 Å². The Morgan fingerprint density at radius 1 is 1.03 bits per heavy atom. The Morgan fingerprint density at radius 3 is 2.36 bits per heavy atom. The van der Waals surface area contributed by atoms with Crippen LogP contribution in [0, 0.1) is 24.5 Å². The Bertz CT molecular complexity index is 1040. The number of rotatable bonds is 8. The minimum atomic E-state index is -0.194. The number of likely N-dealkylation sites (N-methyl/N-ethyl adjacent to an activating group) is 1. The standard InChI is InChI=1S/C27H34F2N4/c1-20-24(19-32(3)30-20)18-31(2)27(16-23-6-4-5-7-26(23)29)22-12-14-33(15-13-22)17-21-8-10-25(28)11-9-21/h4-11,19,22,27H,12-18H2,1-3H3. The van der Waals surface area contributed by atoms with Crippen molar-refractivity contribution < 1.29 is 8.78 Å². The molecule has 176 valence electrons. The van der Waals surface area contributed by atoms with E-state index in [1.807, 2.05) is 42.9 Å². The van der Waals surface area contributed by atoms with Crippen LogP contribution in [0.2, 0.25) is 0 Å². The number of hydrogen-bond acceptors (Lipinski definition) is 3. The molecule has 1 atom stereocenters. The molecule has 0 N–H and O–H groups in total. The average molecular weight is 453 g/mol. The van der Waals surface area contributed by atoms with Gasteiger partial charge in [0.1, 0.15) is 11.6 Å². The lowest BCUT2D eigenvalue weighted by Gasteiger charge is -2.40. The van der Waals surface area contributed by atoms with Gasteiger partial charge in [-0.25, -0.2) is 8.78 Å². The first-order valence-electron chi connectivity index (χ1n) is 11.8. The molecule has 33 heavy (non-hydrogen) atoms. The van der Waals surface area contributed by atoms with Gasteiger partial charge < -0.3 is 0 Å². The van der Waals surface area contributed by atoms with Gasteiger partial charge in [-0.2, -0.15) is 5.10 Å². The fourth-order valence-corrected chi connectivity index (χ4v) is 5.11. The molecular formula is C27H34F2N4. The summed E-state index contributed by atoms with van der Waals surface area (Å²) in [5, 5.41) is 4.49. The van der Waals surface area contributed by atoms with Crippen LogP contribution in [-0.4, -0.2) is 45.8 Å². The van der Waals surface area contributed by atoms with E-state index in [1.54, 1.807) is 12.1 Å². The third kappa shape index (κ3) is 6.06. The largest absolute Gasteiger partial charge is 0.299 e. The highest BCUT2D eigenvalue weighted by atomic mass is 19.1. The molecule has 0 aliphatic carbocycles. The van der Waals surface area contributed by atoms with Gasteiger partial charge in [-0.15, -0.1) is 0 Å². The maximum absolute atomic E-state index is 14.5. The molecule has 1 saturated heterocycles. The molecule has 1 aliphatic heterocycles. The SMILES string of the molecule is Cc1nn(C)cc1CN(C)C(Cc1ccccc1F)C1CCN(Cc2ccc(F)cc2)CC1. The first-order chi connectivity index (χ1) is 15.9. The third-order valence-electron chi connectivity index (χ3n) is 6.98. The van der Waals surface area contributed by atoms with Crippen LogP contribution in [0.4, 0.5) is 8.78 Å². The maximum Gasteiger partial charge on any atom is 0.126 e. The number of nitrogens with zero attached hydrogens (tertiary/aromatic N) is 4. The molecule has 0 radical (unpaired) electrons. The van der Waals surface area contributed by atoms with E-state index in [4.69, 9.17) is 0 Å². The molecule has 1 aliphatic rings. The highest BCUT2D eigenvalue weighted by molar-refractivity contribution is 5.20. The Hall–Kier alpha value is -2.57. The quantitative estimate of drug-likeness (QED) is 0.483. The molecule has 0 spiro atoms. The molecule has 0 bridgehead atoms. The summed E-state index contributed by atoms with van der Waals surface area (Å²) < 4.78 is 29.6. The van der Waals surface area contributed by atoms with Gasteiger partial charge in [0.05, 0.1) is 5.69 Å². The summed E-state index contributed by atoms with van der Waals surface area (Å²) in [6, 6.07) is 14.2. The second-order valence-electron chi connectivity index (χ2n) is 9.43. The maximum atomic E-state index is 14.5. The topological polar surface area (TPSA) is 24.3 Å². The van der Waals surface area contributed by atoms with Crippen LogP contribution in [-0.2, 0) is 26.6 Å². The van der Waals surface area contributed by atoms with Crippen molar-refractivity contribution in [2.45, 2.75) is 45.3 Å². The van der Waals surface area contributed by atoms with Gasteiger partial charge in [0.2, 0.25) is 0 Å². The number of halogens is 2. The molecule has 2 aromatic carbocycles. The van der Waals surface area contributed by atoms with E-state index < -0.39 is 0 Å². The lowest BCUT2D eigenvalue weighted by Crippen LogP contribution is -2.45. The van der Waals surface area contributed by atoms with Crippen molar-refractivity contribution >= 4 is 0 Å². The van der Waals surface area contributed by atoms with Crippen LogP contribution in [0.15, 0.2) is 54.7 Å². The predicted octanol–water partition coefficient (Wildman–Crippen LogP) is 4.96. The molecule has 1 aromatic heterocycles. The van der Waals surface area contributed by atoms with E-state index in [9.17, 15) is 8.78 Å². The van der Waals surface area contributed by atoms with Gasteiger partial charge in [0.25, 0.3) is 0 Å². The van der Waals surface area contributed by atoms with E-state index in [0.717, 1.165) is 55.8 Å². The van der Waals surface area contributed by atoms with Crippen LogP contribution in [0.25, 0.3) is 0 Å². The number of piperidine rings is 1. The summed E-state index contributed by atoms with van der Waals surface area (Å²) in [4.78, 5) is 4.83. The van der Waals surface area contributed by atoms with Crippen LogP contribution in [0.3, 0.4) is 0 Å². The Balaban J connectivity index is 1.45. The number of hydrogen-bond donors (Lipinski definition) is 0. The van der Waals surface area contributed by atoms with Gasteiger partial charge in [-0.3, -0.25) is 14.5 Å². The fourth-order valence-electron chi connectivity index (χ4n) is 5.11. The molecule has 1 fully saturated rings. The van der Waals surface area contributed by atoms with Crippen molar-refractivity contribution in [3.05, 3.63) is 88.7 Å². The van der Waals surface area contributed by atoms with Crippen LogP contribution in [0.1, 0.15) is 35.2 Å². The molecule has 4 nitrogen and oxygen atoms in total. The Kier molecular flexibility index (Phi) is 7.56. The van der Waals surface area contributed by atoms with Crippen molar-refractivity contribution in [3.63, 3.8) is 0 Å². The summed E-state index contributed by atoms with van der Waals surface area (Å²) in [7, 11) is 4.10. The lowest BCUT2D eigenvalue weighted by atomic mass is 9.84. The summed E-state index contributed by atoms with van der Waals surface area (Å²) in [5.41, 5.74) is 4.18. The van der Waals surface area contributed by atoms with Gasteiger partial charge in [-0.1, -0.05) is 30.3 Å². The minimum Gasteiger partial charge on any atom is -0.299 e. The first kappa shape index (κ1) is 23.6. The van der Waals surface area contributed by atoms with Crippen LogP contribution < -0.4 is 0 Å². The molecule has 0 amide bonds. The van der Waals surface area contributed by atoms with Crippen molar-refractivity contribution in [2.75, 3.05) is 20.1 Å². The highest BCUT2D eigenvalue weighted by Crippen LogP contribution is 2.29. The van der Waals surface area contributed by atoms with Crippen molar-refractivity contribution in [1.82, 2.24) is 19.6 Å². The Labute approximate surface area is 195 Å². The van der Waals surface area contributed by atoms with Gasteiger partial charge in [-0.05, 0) is 81.6 Å². The summed E-state index contributed by atoms with van der Waals surface area (Å²) in [6.45, 7) is 5.68. The lowest BCUT2D eigenvalue weighted by molar-refractivity contribution is 0.0948. The molecule has 6 heteroatoms. The molecule has 1 unspecified atom stereocenters. The number of likely N-dealkylation sites (tertiary alicyclic amines) is 1. The molecule has 2 heterocycles. The molecular weight excluding hydrogens is 418 g/mol. The predicted molar refractivity (Wildman–Crippen MR) is 128 cm³/mol. The van der Waals surface area contributed by atoms with Crippen LogP contribution >= 0.6 is 0 Å². The minimum absolute atomic E-state index is 0.123. The summed E-state index contributed by atoms with van der Waals surface area (Å²) in [5.74, 6) is 0.165. The zero-order chi connectivity index (χ0) is 23.4. The smallest absolute Gasteiger partial charge is 0.126 e. The fraction of sp³-hybridized carbons (Fsp3) is 0.444. The van der Waals surface area contributed by atoms with E-state index in [0.29, 0.717) is 12.3 Å². The summed E-state index contributed by atoms with van der Waals surface area (Å²) in [6.07, 6.45) is 4.91. The molecule has 3 aromatic rings. The van der Waals surface area contributed by atoms with Gasteiger partial charge in [0.15, 0.2) is 0 Å². The van der Waals surface area contributed by atoms with Gasteiger partial charge >= 0.3 is 0 Å². The van der Waals surface area contributed by atoms with Crippen molar-refractivity contribution in [2.24, 2.45) is 13.0 Å². The normalized spacial score (nSPS) is 16.4. The number of benzene rings is 2. The van der Waals surface area contributed by atoms with E-state index in [2.05, 4.69) is 28.1 Å². The van der Waals surface area contributed by atoms with Crippen molar-refractivity contribution in [1.29, 1.82) is 0 Å². The van der Waals surface area contributed by atoms with Crippen LogP contribution in [0.5, 0.6) is 0 Å². The summed E-state index contributed by atoms with van der Waals surface area (Å²) >= 11 is 0. The number of aryl methyl sites for hydroxylation is 2. The highest BCUT2D eigenvalue weighted by Gasteiger charge is 2.30. The third-order valence-corrected chi connectivity index (χ3v) is 6.98. The zero-order valence-electron chi connectivity index (χ0n) is 19.8. The van der Waals surface area contributed by atoms with Crippen molar-refractivity contribution in [3.8, 4) is 0 Å². The Morgan fingerprint density at radius 2 is 1.73 bits per heavy atom. The van der Waals surface area contributed by atoms with E-state index >= 15 is 0 Å². The first-order valence-corrected chi connectivity index (χ1v) is 11.8. The monoisotopic (exact) mass is 452 g/mol. The van der Waals surface area contributed by atoms with E-state index in [-0.39, 0.29) is 17.7 Å². The molecule has 4 rings (SSSR count). The molecule has 0 saturated carbocycles. The second-order valence-corrected chi connectivity index (χ2v) is 9.43. The number of aromatic nitrogens is 2. The second kappa shape index (κ2) is 10.6.